The van der Waals surface area contributed by atoms with Crippen molar-refractivity contribution in [1.82, 2.24) is 30.1 Å². The minimum atomic E-state index is 0.0559. The van der Waals surface area contributed by atoms with Crippen LogP contribution in [-0.2, 0) is 4.79 Å². The molecule has 5 aromatic heterocycles. The minimum Gasteiger partial charge on any atom is -0.472 e. The highest BCUT2D eigenvalue weighted by molar-refractivity contribution is 5.96. The lowest BCUT2D eigenvalue weighted by Gasteiger charge is -2.24. The second kappa shape index (κ2) is 8.16. The molecule has 5 heterocycles. The van der Waals surface area contributed by atoms with Crippen LogP contribution in [0, 0.1) is 5.92 Å². The van der Waals surface area contributed by atoms with Gasteiger partial charge in [0.2, 0.25) is 5.91 Å². The SMILES string of the molecule is O=C(Nc1cncc(-c2ccc3[nH]nc(-c4nc5c(-c6ccoc6)cccc5[nH]4)c3n2)c1)C1CCC1. The number of furan rings is 1. The molecule has 1 aliphatic carbocycles. The Morgan fingerprint density at radius 1 is 1.00 bits per heavy atom. The van der Waals surface area contributed by atoms with Gasteiger partial charge in [-0.25, -0.2) is 9.97 Å². The van der Waals surface area contributed by atoms with E-state index in [1.165, 1.54) is 0 Å². The molecule has 9 heteroatoms. The number of nitrogens with zero attached hydrogens (tertiary/aromatic N) is 4. The normalized spacial score (nSPS) is 13.8. The molecular weight excluding hydrogens is 454 g/mol. The molecule has 1 saturated carbocycles. The standard InChI is InChI=1S/C27H21N7O2/c35-27(15-3-1-4-15)29-18-11-17(12-28-13-18)20-7-8-22-24(30-20)25(34-33-22)26-31-21-6-2-5-19(23(21)32-26)16-9-10-36-14-16/h2,5-15H,1,3-4H2,(H,29,35)(H,31,32)(H,33,34). The molecule has 1 aliphatic rings. The van der Waals surface area contributed by atoms with Crippen LogP contribution in [-0.4, -0.2) is 36.0 Å². The van der Waals surface area contributed by atoms with Gasteiger partial charge < -0.3 is 14.7 Å². The zero-order valence-electron chi connectivity index (χ0n) is 19.2. The Bertz CT molecular complexity index is 1730. The van der Waals surface area contributed by atoms with E-state index in [1.807, 2.05) is 42.5 Å². The highest BCUT2D eigenvalue weighted by Crippen LogP contribution is 2.32. The van der Waals surface area contributed by atoms with Crippen LogP contribution in [0.25, 0.3) is 56.0 Å². The number of imidazole rings is 1. The number of hydrogen-bond acceptors (Lipinski definition) is 6. The lowest BCUT2D eigenvalue weighted by molar-refractivity contribution is -0.122. The topological polar surface area (TPSA) is 125 Å². The summed E-state index contributed by atoms with van der Waals surface area (Å²) in [5, 5.41) is 10.5. The van der Waals surface area contributed by atoms with E-state index < -0.39 is 0 Å². The van der Waals surface area contributed by atoms with E-state index in [0.29, 0.717) is 22.7 Å². The molecule has 9 nitrogen and oxygen atoms in total. The van der Waals surface area contributed by atoms with Gasteiger partial charge in [0, 0.05) is 28.8 Å². The van der Waals surface area contributed by atoms with Crippen LogP contribution in [0.2, 0.25) is 0 Å². The number of hydrogen-bond donors (Lipinski definition) is 3. The third kappa shape index (κ3) is 3.44. The summed E-state index contributed by atoms with van der Waals surface area (Å²) in [6.45, 7) is 0. The Morgan fingerprint density at radius 2 is 1.94 bits per heavy atom. The van der Waals surface area contributed by atoms with E-state index in [2.05, 4.69) is 25.5 Å². The first-order valence-corrected chi connectivity index (χ1v) is 11.9. The second-order valence-electron chi connectivity index (χ2n) is 9.04. The van der Waals surface area contributed by atoms with Crippen LogP contribution < -0.4 is 5.32 Å². The van der Waals surface area contributed by atoms with Crippen LogP contribution in [0.5, 0.6) is 0 Å². The van der Waals surface area contributed by atoms with Crippen LogP contribution in [0.1, 0.15) is 19.3 Å². The first-order chi connectivity index (χ1) is 17.7. The van der Waals surface area contributed by atoms with Crippen molar-refractivity contribution in [3.8, 4) is 33.9 Å². The number of anilines is 1. The first-order valence-electron chi connectivity index (χ1n) is 11.9. The van der Waals surface area contributed by atoms with Gasteiger partial charge in [-0.05, 0) is 43.2 Å². The Kier molecular flexibility index (Phi) is 4.66. The summed E-state index contributed by atoms with van der Waals surface area (Å²) in [7, 11) is 0. The third-order valence-electron chi connectivity index (χ3n) is 6.75. The maximum absolute atomic E-state index is 12.4. The van der Waals surface area contributed by atoms with E-state index in [1.54, 1.807) is 24.9 Å². The van der Waals surface area contributed by atoms with E-state index in [9.17, 15) is 4.79 Å². The van der Waals surface area contributed by atoms with Gasteiger partial charge in [-0.15, -0.1) is 0 Å². The van der Waals surface area contributed by atoms with Crippen molar-refractivity contribution in [2.75, 3.05) is 5.32 Å². The van der Waals surface area contributed by atoms with Crippen molar-refractivity contribution < 1.29 is 9.21 Å². The van der Waals surface area contributed by atoms with Gasteiger partial charge in [0.05, 0.1) is 46.7 Å². The fourth-order valence-electron chi connectivity index (χ4n) is 4.58. The summed E-state index contributed by atoms with van der Waals surface area (Å²) in [6.07, 6.45) is 9.77. The minimum absolute atomic E-state index is 0.0559. The summed E-state index contributed by atoms with van der Waals surface area (Å²) in [4.78, 5) is 29.8. The maximum atomic E-state index is 12.4. The van der Waals surface area contributed by atoms with E-state index >= 15 is 0 Å². The number of aromatic nitrogens is 6. The molecule has 1 aromatic carbocycles. The van der Waals surface area contributed by atoms with Crippen molar-refractivity contribution in [1.29, 1.82) is 0 Å². The van der Waals surface area contributed by atoms with Crippen LogP contribution in [0.4, 0.5) is 5.69 Å². The molecule has 0 radical (unpaired) electrons. The van der Waals surface area contributed by atoms with Gasteiger partial charge in [-0.2, -0.15) is 5.10 Å². The zero-order valence-corrected chi connectivity index (χ0v) is 19.2. The fourth-order valence-corrected chi connectivity index (χ4v) is 4.58. The van der Waals surface area contributed by atoms with Crippen molar-refractivity contribution in [2.45, 2.75) is 19.3 Å². The number of aromatic amines is 2. The smallest absolute Gasteiger partial charge is 0.227 e. The molecule has 36 heavy (non-hydrogen) atoms. The van der Waals surface area contributed by atoms with Gasteiger partial charge in [-0.3, -0.25) is 14.9 Å². The molecule has 1 amide bonds. The van der Waals surface area contributed by atoms with Gasteiger partial charge in [0.1, 0.15) is 5.52 Å². The summed E-state index contributed by atoms with van der Waals surface area (Å²) < 4.78 is 5.27. The quantitative estimate of drug-likeness (QED) is 0.300. The molecule has 176 valence electrons. The van der Waals surface area contributed by atoms with Crippen LogP contribution >= 0.6 is 0 Å². The Morgan fingerprint density at radius 3 is 2.78 bits per heavy atom. The Labute approximate surface area is 205 Å². The zero-order chi connectivity index (χ0) is 24.1. The van der Waals surface area contributed by atoms with Crippen molar-refractivity contribution in [3.63, 3.8) is 0 Å². The molecule has 0 saturated heterocycles. The summed E-state index contributed by atoms with van der Waals surface area (Å²) in [6, 6.07) is 13.6. The number of rotatable bonds is 5. The average Bonchev–Trinajstić information content (AvgIpc) is 3.61. The van der Waals surface area contributed by atoms with Gasteiger partial charge in [-0.1, -0.05) is 18.6 Å². The lowest BCUT2D eigenvalue weighted by Crippen LogP contribution is -2.28. The van der Waals surface area contributed by atoms with Gasteiger partial charge in [0.25, 0.3) is 0 Å². The van der Waals surface area contributed by atoms with E-state index in [4.69, 9.17) is 14.4 Å². The van der Waals surface area contributed by atoms with Gasteiger partial charge in [0.15, 0.2) is 11.5 Å². The third-order valence-corrected chi connectivity index (χ3v) is 6.75. The number of amides is 1. The van der Waals surface area contributed by atoms with Crippen molar-refractivity contribution in [2.24, 2.45) is 5.92 Å². The second-order valence-corrected chi connectivity index (χ2v) is 9.04. The van der Waals surface area contributed by atoms with Crippen LogP contribution in [0.3, 0.4) is 0 Å². The molecule has 7 rings (SSSR count). The summed E-state index contributed by atoms with van der Waals surface area (Å²) >= 11 is 0. The monoisotopic (exact) mass is 475 g/mol. The van der Waals surface area contributed by atoms with Gasteiger partial charge >= 0.3 is 0 Å². The number of carbonyl (C=O) groups excluding carboxylic acids is 1. The number of pyridine rings is 2. The summed E-state index contributed by atoms with van der Waals surface area (Å²) in [5.74, 6) is 0.784. The first kappa shape index (κ1) is 20.6. The molecule has 0 aliphatic heterocycles. The molecular formula is C27H21N7O2. The molecule has 0 unspecified atom stereocenters. The number of fused-ring (bicyclic) bond motifs is 2. The summed E-state index contributed by atoms with van der Waals surface area (Å²) in [5.41, 5.74) is 8.00. The number of H-pyrrole nitrogens is 2. The largest absolute Gasteiger partial charge is 0.472 e. The van der Waals surface area contributed by atoms with Crippen molar-refractivity contribution >= 4 is 33.7 Å². The lowest BCUT2D eigenvalue weighted by atomic mass is 9.85. The molecule has 6 aromatic rings. The van der Waals surface area contributed by atoms with Crippen molar-refractivity contribution in [3.05, 3.63) is 67.4 Å². The maximum Gasteiger partial charge on any atom is 0.227 e. The Hall–Kier alpha value is -4.79. The average molecular weight is 476 g/mol. The predicted octanol–water partition coefficient (Wildman–Crippen LogP) is 5.56. The fraction of sp³-hybridized carbons (Fsp3) is 0.148. The molecule has 0 spiro atoms. The van der Waals surface area contributed by atoms with E-state index in [-0.39, 0.29) is 11.8 Å². The predicted molar refractivity (Wildman–Crippen MR) is 136 cm³/mol. The highest BCUT2D eigenvalue weighted by Gasteiger charge is 2.25. The highest BCUT2D eigenvalue weighted by atomic mass is 16.3. The molecule has 0 bridgehead atoms. The number of nitrogens with one attached hydrogen (secondary N) is 3. The molecule has 1 fully saturated rings. The number of carbonyl (C=O) groups is 1. The molecule has 3 N–H and O–H groups in total. The number of benzene rings is 1. The molecule has 0 atom stereocenters. The van der Waals surface area contributed by atoms with E-state index in [0.717, 1.165) is 58.2 Å². The number of para-hydroxylation sites is 1. The van der Waals surface area contributed by atoms with Crippen LogP contribution in [0.15, 0.2) is 71.8 Å². The Balaban J connectivity index is 1.26.